The van der Waals surface area contributed by atoms with Crippen LogP contribution in [0.2, 0.25) is 5.02 Å². The van der Waals surface area contributed by atoms with Crippen LogP contribution in [0.4, 0.5) is 10.5 Å². The molecule has 1 atom stereocenters. The van der Waals surface area contributed by atoms with E-state index in [4.69, 9.17) is 26.2 Å². The Morgan fingerprint density at radius 1 is 1.16 bits per heavy atom. The molecular weight excluding hydrogens is 440 g/mol. The Morgan fingerprint density at radius 2 is 1.84 bits per heavy atom. The van der Waals surface area contributed by atoms with E-state index >= 15 is 0 Å². The molecule has 1 aliphatic heterocycles. The maximum atomic E-state index is 13.0. The minimum atomic E-state index is -1.14. The second-order valence-electron chi connectivity index (χ2n) is 6.67. The normalized spacial score (nSPS) is 16.0. The minimum absolute atomic E-state index is 0.196. The highest BCUT2D eigenvalue weighted by Gasteiger charge is 2.36. The van der Waals surface area contributed by atoms with Crippen LogP contribution in [0, 0.1) is 0 Å². The van der Waals surface area contributed by atoms with Crippen LogP contribution >= 0.6 is 11.6 Å². The third-order valence-corrected chi connectivity index (χ3v) is 4.67. The monoisotopic (exact) mass is 458 g/mol. The van der Waals surface area contributed by atoms with Crippen molar-refractivity contribution in [3.63, 3.8) is 0 Å². The zero-order valence-corrected chi connectivity index (χ0v) is 17.9. The number of carboxylic acids is 1. The van der Waals surface area contributed by atoms with E-state index in [2.05, 4.69) is 5.32 Å². The number of aliphatic carboxylic acids is 1. The Bertz CT molecular complexity index is 1110. The number of anilines is 1. The van der Waals surface area contributed by atoms with E-state index in [9.17, 15) is 19.2 Å². The summed E-state index contributed by atoms with van der Waals surface area (Å²) in [6, 6.07) is 9.63. The molecule has 0 saturated carbocycles. The van der Waals surface area contributed by atoms with Crippen LogP contribution in [-0.4, -0.2) is 41.6 Å². The SMILES string of the molecule is CCOc1cc(C=C2C(=O)NC(=O)N(c3ccc(Cl)cc3)C2=O)ccc1OC(C)C(=O)O. The third-order valence-electron chi connectivity index (χ3n) is 4.42. The molecule has 0 aliphatic carbocycles. The standard InChI is InChI=1S/C22H19ClN2O7/c1-3-31-18-11-13(4-9-17(18)32-12(2)21(28)29)10-16-19(26)24-22(30)25(20(16)27)15-7-5-14(23)6-8-15/h4-12H,3H2,1-2H3,(H,28,29)(H,24,26,30). The first-order valence-corrected chi connectivity index (χ1v) is 9.92. The Kier molecular flexibility index (Phi) is 6.79. The molecule has 2 N–H and O–H groups in total. The van der Waals surface area contributed by atoms with Crippen LogP contribution in [-0.2, 0) is 14.4 Å². The fourth-order valence-electron chi connectivity index (χ4n) is 2.87. The first-order valence-electron chi connectivity index (χ1n) is 9.54. The van der Waals surface area contributed by atoms with Crippen molar-refractivity contribution >= 4 is 47.2 Å². The second kappa shape index (κ2) is 9.52. The van der Waals surface area contributed by atoms with Gasteiger partial charge in [0.1, 0.15) is 5.57 Å². The first kappa shape index (κ1) is 22.8. The molecule has 1 heterocycles. The molecule has 32 heavy (non-hydrogen) atoms. The Morgan fingerprint density at radius 3 is 2.47 bits per heavy atom. The Balaban J connectivity index is 1.96. The summed E-state index contributed by atoms with van der Waals surface area (Å²) in [6.45, 7) is 3.39. The van der Waals surface area contributed by atoms with Crippen molar-refractivity contribution in [2.75, 3.05) is 11.5 Å². The molecule has 10 heteroatoms. The van der Waals surface area contributed by atoms with Gasteiger partial charge in [-0.3, -0.25) is 14.9 Å². The van der Waals surface area contributed by atoms with Crippen LogP contribution in [0.1, 0.15) is 19.4 Å². The number of hydrogen-bond donors (Lipinski definition) is 2. The number of carbonyl (C=O) groups is 4. The summed E-state index contributed by atoms with van der Waals surface area (Å²) >= 11 is 5.86. The number of carbonyl (C=O) groups excluding carboxylic acids is 3. The molecule has 1 unspecified atom stereocenters. The van der Waals surface area contributed by atoms with Crippen LogP contribution in [0.15, 0.2) is 48.0 Å². The van der Waals surface area contributed by atoms with Gasteiger partial charge in [-0.15, -0.1) is 0 Å². The van der Waals surface area contributed by atoms with Gasteiger partial charge in [-0.25, -0.2) is 14.5 Å². The third kappa shape index (κ3) is 4.89. The Hall–Kier alpha value is -3.85. The molecule has 1 fully saturated rings. The summed E-state index contributed by atoms with van der Waals surface area (Å²) < 4.78 is 10.9. The molecule has 4 amide bonds. The van der Waals surface area contributed by atoms with E-state index in [0.29, 0.717) is 10.6 Å². The summed E-state index contributed by atoms with van der Waals surface area (Å²) in [5.41, 5.74) is 0.388. The largest absolute Gasteiger partial charge is 0.490 e. The van der Waals surface area contributed by atoms with Crippen LogP contribution in [0.3, 0.4) is 0 Å². The average molecular weight is 459 g/mol. The van der Waals surface area contributed by atoms with Crippen molar-refractivity contribution < 1.29 is 33.8 Å². The lowest BCUT2D eigenvalue weighted by Gasteiger charge is -2.26. The number of carboxylic acid groups (broad SMARTS) is 1. The molecule has 1 aliphatic rings. The number of imide groups is 2. The quantitative estimate of drug-likeness (QED) is 0.482. The van der Waals surface area contributed by atoms with Crippen molar-refractivity contribution in [1.29, 1.82) is 0 Å². The second-order valence-corrected chi connectivity index (χ2v) is 7.11. The van der Waals surface area contributed by atoms with E-state index in [1.807, 2.05) is 0 Å². The highest BCUT2D eigenvalue weighted by Crippen LogP contribution is 2.31. The number of barbiturate groups is 1. The molecule has 2 aromatic rings. The zero-order chi connectivity index (χ0) is 23.4. The van der Waals surface area contributed by atoms with E-state index in [1.165, 1.54) is 55.5 Å². The van der Waals surface area contributed by atoms with Crippen molar-refractivity contribution in [1.82, 2.24) is 5.32 Å². The lowest BCUT2D eigenvalue weighted by Crippen LogP contribution is -2.54. The van der Waals surface area contributed by atoms with Crippen molar-refractivity contribution in [2.45, 2.75) is 20.0 Å². The predicted molar refractivity (Wildman–Crippen MR) is 116 cm³/mol. The smallest absolute Gasteiger partial charge is 0.344 e. The maximum absolute atomic E-state index is 13.0. The van der Waals surface area contributed by atoms with Gasteiger partial charge in [-0.05, 0) is 61.9 Å². The summed E-state index contributed by atoms with van der Waals surface area (Å²) in [5, 5.41) is 11.6. The number of halogens is 1. The molecule has 2 aromatic carbocycles. The van der Waals surface area contributed by atoms with Gasteiger partial charge in [-0.1, -0.05) is 17.7 Å². The lowest BCUT2D eigenvalue weighted by atomic mass is 10.1. The van der Waals surface area contributed by atoms with Gasteiger partial charge < -0.3 is 14.6 Å². The van der Waals surface area contributed by atoms with Gasteiger partial charge in [0.15, 0.2) is 17.6 Å². The van der Waals surface area contributed by atoms with Crippen LogP contribution in [0.5, 0.6) is 11.5 Å². The molecule has 0 spiro atoms. The minimum Gasteiger partial charge on any atom is -0.490 e. The van der Waals surface area contributed by atoms with Gasteiger partial charge in [0.25, 0.3) is 11.8 Å². The molecule has 0 bridgehead atoms. The van der Waals surface area contributed by atoms with Crippen molar-refractivity contribution in [3.05, 3.63) is 58.6 Å². The summed E-state index contributed by atoms with van der Waals surface area (Å²) in [6.07, 6.45) is 0.197. The predicted octanol–water partition coefficient (Wildman–Crippen LogP) is 3.26. The highest BCUT2D eigenvalue weighted by molar-refractivity contribution is 6.39. The van der Waals surface area contributed by atoms with Gasteiger partial charge in [-0.2, -0.15) is 0 Å². The topological polar surface area (TPSA) is 122 Å². The summed E-state index contributed by atoms with van der Waals surface area (Å²) in [4.78, 5) is 49.5. The van der Waals surface area contributed by atoms with Gasteiger partial charge in [0, 0.05) is 5.02 Å². The van der Waals surface area contributed by atoms with E-state index < -0.39 is 29.9 Å². The van der Waals surface area contributed by atoms with Crippen LogP contribution in [0.25, 0.3) is 6.08 Å². The molecule has 166 valence electrons. The number of amides is 4. The molecule has 1 saturated heterocycles. The van der Waals surface area contributed by atoms with Gasteiger partial charge >= 0.3 is 12.0 Å². The fraction of sp³-hybridized carbons (Fsp3) is 0.182. The molecule has 3 rings (SSSR count). The van der Waals surface area contributed by atoms with Crippen LogP contribution < -0.4 is 19.7 Å². The number of hydrogen-bond acceptors (Lipinski definition) is 6. The maximum Gasteiger partial charge on any atom is 0.344 e. The Labute approximate surface area is 188 Å². The van der Waals surface area contributed by atoms with E-state index in [-0.39, 0.29) is 29.4 Å². The fourth-order valence-corrected chi connectivity index (χ4v) is 3.00. The number of rotatable bonds is 7. The van der Waals surface area contributed by atoms with Gasteiger partial charge in [0.2, 0.25) is 0 Å². The number of urea groups is 1. The molecular formula is C22H19ClN2O7. The molecule has 0 radical (unpaired) electrons. The van der Waals surface area contributed by atoms with E-state index in [1.54, 1.807) is 6.92 Å². The number of nitrogens with zero attached hydrogens (tertiary/aromatic N) is 1. The first-order chi connectivity index (χ1) is 15.2. The molecule has 0 aromatic heterocycles. The number of ether oxygens (including phenoxy) is 2. The van der Waals surface area contributed by atoms with Crippen molar-refractivity contribution in [2.24, 2.45) is 0 Å². The molecule has 9 nitrogen and oxygen atoms in total. The van der Waals surface area contributed by atoms with E-state index in [0.717, 1.165) is 4.90 Å². The summed E-state index contributed by atoms with van der Waals surface area (Å²) in [7, 11) is 0. The number of benzene rings is 2. The summed E-state index contributed by atoms with van der Waals surface area (Å²) in [5.74, 6) is -2.36. The number of nitrogens with one attached hydrogen (secondary N) is 1. The van der Waals surface area contributed by atoms with Crippen molar-refractivity contribution in [3.8, 4) is 11.5 Å². The van der Waals surface area contributed by atoms with Gasteiger partial charge in [0.05, 0.1) is 12.3 Å². The average Bonchev–Trinajstić information content (AvgIpc) is 2.74. The lowest BCUT2D eigenvalue weighted by molar-refractivity contribution is -0.144. The highest BCUT2D eigenvalue weighted by atomic mass is 35.5. The zero-order valence-electron chi connectivity index (χ0n) is 17.1.